The lowest BCUT2D eigenvalue weighted by molar-refractivity contribution is 0.162. The molecule has 1 aliphatic rings. The van der Waals surface area contributed by atoms with Crippen LogP contribution in [0.1, 0.15) is 52.0 Å². The van der Waals surface area contributed by atoms with Crippen molar-refractivity contribution in [1.82, 2.24) is 0 Å². The lowest BCUT2D eigenvalue weighted by Gasteiger charge is -2.41. The Labute approximate surface area is 116 Å². The van der Waals surface area contributed by atoms with Crippen LogP contribution >= 0.6 is 0 Å². The van der Waals surface area contributed by atoms with Gasteiger partial charge in [-0.1, -0.05) is 39.7 Å². The molecule has 0 aromatic heterocycles. The minimum atomic E-state index is -0.127. The van der Waals surface area contributed by atoms with Crippen molar-refractivity contribution < 1.29 is 4.39 Å². The number of hydrogen-bond acceptors (Lipinski definition) is 1. The molecule has 0 aliphatic heterocycles. The average molecular weight is 263 g/mol. The number of benzene rings is 1. The topological polar surface area (TPSA) is 12.0 Å². The molecule has 1 aromatic rings. The number of nitrogens with one attached hydrogen (secondary N) is 1. The van der Waals surface area contributed by atoms with E-state index in [0.717, 1.165) is 12.0 Å². The molecule has 0 amide bonds. The van der Waals surface area contributed by atoms with Gasteiger partial charge in [0.1, 0.15) is 5.82 Å². The second kappa shape index (κ2) is 5.52. The summed E-state index contributed by atoms with van der Waals surface area (Å²) in [6.45, 7) is 8.81. The van der Waals surface area contributed by atoms with Gasteiger partial charge in [-0.2, -0.15) is 0 Å². The van der Waals surface area contributed by atoms with Crippen molar-refractivity contribution in [3.8, 4) is 0 Å². The molecule has 2 heteroatoms. The zero-order valence-electron chi connectivity index (χ0n) is 12.6. The van der Waals surface area contributed by atoms with Crippen LogP contribution in [0.25, 0.3) is 0 Å². The van der Waals surface area contributed by atoms with Crippen molar-refractivity contribution in [2.75, 3.05) is 5.32 Å². The van der Waals surface area contributed by atoms with Crippen LogP contribution in [0.3, 0.4) is 0 Å². The molecule has 1 N–H and O–H groups in total. The summed E-state index contributed by atoms with van der Waals surface area (Å²) >= 11 is 0. The summed E-state index contributed by atoms with van der Waals surface area (Å²) in [5, 5.41) is 3.46. The second-order valence-electron chi connectivity index (χ2n) is 6.99. The number of hydrogen-bond donors (Lipinski definition) is 1. The lowest BCUT2D eigenvalue weighted by Crippen LogP contribution is -2.40. The van der Waals surface area contributed by atoms with E-state index in [1.54, 1.807) is 6.07 Å². The van der Waals surface area contributed by atoms with Gasteiger partial charge in [0.2, 0.25) is 0 Å². The summed E-state index contributed by atoms with van der Waals surface area (Å²) in [6.07, 6.45) is 4.94. The van der Waals surface area contributed by atoms with E-state index in [1.165, 1.54) is 19.3 Å². The predicted molar refractivity (Wildman–Crippen MR) is 80.0 cm³/mol. The van der Waals surface area contributed by atoms with Gasteiger partial charge in [-0.25, -0.2) is 4.39 Å². The number of anilines is 1. The molecule has 2 unspecified atom stereocenters. The fourth-order valence-corrected chi connectivity index (χ4v) is 3.28. The van der Waals surface area contributed by atoms with E-state index in [-0.39, 0.29) is 11.2 Å². The van der Waals surface area contributed by atoms with E-state index < -0.39 is 0 Å². The van der Waals surface area contributed by atoms with E-state index in [4.69, 9.17) is 0 Å². The van der Waals surface area contributed by atoms with Gasteiger partial charge < -0.3 is 5.32 Å². The van der Waals surface area contributed by atoms with E-state index >= 15 is 0 Å². The van der Waals surface area contributed by atoms with Crippen LogP contribution < -0.4 is 5.32 Å². The van der Waals surface area contributed by atoms with Crippen LogP contribution in [-0.2, 0) is 0 Å². The van der Waals surface area contributed by atoms with Crippen molar-refractivity contribution in [3.63, 3.8) is 0 Å². The SMILES string of the molecule is Cc1ccc(NC2CCCCC2C(C)(C)C)c(F)c1. The van der Waals surface area contributed by atoms with E-state index in [2.05, 4.69) is 26.1 Å². The molecule has 0 heterocycles. The molecule has 19 heavy (non-hydrogen) atoms. The molecule has 1 nitrogen and oxygen atoms in total. The zero-order chi connectivity index (χ0) is 14.0. The molecular formula is C17H26FN. The summed E-state index contributed by atoms with van der Waals surface area (Å²) in [5.74, 6) is 0.486. The third-order valence-corrected chi connectivity index (χ3v) is 4.34. The third kappa shape index (κ3) is 3.49. The average Bonchev–Trinajstić information content (AvgIpc) is 2.32. The molecule has 1 aliphatic carbocycles. The summed E-state index contributed by atoms with van der Waals surface area (Å²) in [4.78, 5) is 0. The predicted octanol–water partition coefficient (Wildman–Crippen LogP) is 5.15. The quantitative estimate of drug-likeness (QED) is 0.778. The fourth-order valence-electron chi connectivity index (χ4n) is 3.28. The largest absolute Gasteiger partial charge is 0.380 e. The minimum absolute atomic E-state index is 0.127. The molecule has 0 bridgehead atoms. The van der Waals surface area contributed by atoms with Crippen LogP contribution in [0.5, 0.6) is 0 Å². The van der Waals surface area contributed by atoms with Crippen LogP contribution in [0, 0.1) is 24.1 Å². The van der Waals surface area contributed by atoms with E-state index in [1.807, 2.05) is 19.1 Å². The van der Waals surface area contributed by atoms with Gasteiger partial charge in [0.05, 0.1) is 5.69 Å². The monoisotopic (exact) mass is 263 g/mol. The molecule has 1 saturated carbocycles. The first-order valence-corrected chi connectivity index (χ1v) is 7.40. The molecule has 1 fully saturated rings. The zero-order valence-corrected chi connectivity index (χ0v) is 12.6. The van der Waals surface area contributed by atoms with Gasteiger partial charge in [-0.3, -0.25) is 0 Å². The highest BCUT2D eigenvalue weighted by atomic mass is 19.1. The Morgan fingerprint density at radius 3 is 2.47 bits per heavy atom. The first-order chi connectivity index (χ1) is 8.88. The smallest absolute Gasteiger partial charge is 0.146 e. The van der Waals surface area contributed by atoms with Gasteiger partial charge in [0.15, 0.2) is 0 Å². The Morgan fingerprint density at radius 2 is 1.84 bits per heavy atom. The van der Waals surface area contributed by atoms with Crippen molar-refractivity contribution >= 4 is 5.69 Å². The van der Waals surface area contributed by atoms with Crippen molar-refractivity contribution in [3.05, 3.63) is 29.6 Å². The maximum atomic E-state index is 14.0. The standard InChI is InChI=1S/C17H26FN/c1-12-9-10-16(14(18)11-12)19-15-8-6-5-7-13(15)17(2,3)4/h9-11,13,15,19H,5-8H2,1-4H3. The van der Waals surface area contributed by atoms with Gasteiger partial charge in [-0.15, -0.1) is 0 Å². The van der Waals surface area contributed by atoms with Crippen molar-refractivity contribution in [1.29, 1.82) is 0 Å². The second-order valence-corrected chi connectivity index (χ2v) is 6.99. The molecule has 0 spiro atoms. The Morgan fingerprint density at radius 1 is 1.16 bits per heavy atom. The summed E-state index contributed by atoms with van der Waals surface area (Å²) in [7, 11) is 0. The Balaban J connectivity index is 2.15. The number of aryl methyl sites for hydroxylation is 1. The lowest BCUT2D eigenvalue weighted by atomic mass is 9.69. The molecule has 2 rings (SSSR count). The van der Waals surface area contributed by atoms with Crippen molar-refractivity contribution in [2.45, 2.75) is 59.4 Å². The minimum Gasteiger partial charge on any atom is -0.380 e. The third-order valence-electron chi connectivity index (χ3n) is 4.34. The normalized spacial score (nSPS) is 24.3. The van der Waals surface area contributed by atoms with Crippen molar-refractivity contribution in [2.24, 2.45) is 11.3 Å². The summed E-state index contributed by atoms with van der Waals surface area (Å²) < 4.78 is 14.0. The summed E-state index contributed by atoms with van der Waals surface area (Å²) in [5.41, 5.74) is 1.91. The summed E-state index contributed by atoms with van der Waals surface area (Å²) in [6, 6.07) is 5.85. The maximum absolute atomic E-state index is 14.0. The van der Waals surface area contributed by atoms with Crippen LogP contribution in [-0.4, -0.2) is 6.04 Å². The first kappa shape index (κ1) is 14.4. The fraction of sp³-hybridized carbons (Fsp3) is 0.647. The van der Waals surface area contributed by atoms with Gasteiger partial charge in [-0.05, 0) is 48.8 Å². The van der Waals surface area contributed by atoms with Crippen LogP contribution in [0.15, 0.2) is 18.2 Å². The highest BCUT2D eigenvalue weighted by molar-refractivity contribution is 5.47. The maximum Gasteiger partial charge on any atom is 0.146 e. The molecule has 1 aromatic carbocycles. The van der Waals surface area contributed by atoms with Gasteiger partial charge in [0, 0.05) is 6.04 Å². The van der Waals surface area contributed by atoms with Gasteiger partial charge >= 0.3 is 0 Å². The number of rotatable bonds is 2. The van der Waals surface area contributed by atoms with Crippen LogP contribution in [0.4, 0.5) is 10.1 Å². The van der Waals surface area contributed by atoms with E-state index in [0.29, 0.717) is 17.6 Å². The molecule has 0 radical (unpaired) electrons. The van der Waals surface area contributed by atoms with Gasteiger partial charge in [0.25, 0.3) is 0 Å². The molecule has 2 atom stereocenters. The van der Waals surface area contributed by atoms with Crippen LogP contribution in [0.2, 0.25) is 0 Å². The Hall–Kier alpha value is -1.05. The first-order valence-electron chi connectivity index (χ1n) is 7.40. The molecule has 106 valence electrons. The molecular weight excluding hydrogens is 237 g/mol. The highest BCUT2D eigenvalue weighted by Gasteiger charge is 2.34. The van der Waals surface area contributed by atoms with E-state index in [9.17, 15) is 4.39 Å². The highest BCUT2D eigenvalue weighted by Crippen LogP contribution is 2.39. The molecule has 0 saturated heterocycles. The number of halogens is 1. The Bertz CT molecular complexity index is 433. The Kier molecular flexibility index (Phi) is 4.17.